The van der Waals surface area contributed by atoms with Crippen LogP contribution in [0.3, 0.4) is 0 Å². The number of nitrogens with zero attached hydrogens (tertiary/aromatic N) is 2. The largest absolute Gasteiger partial charge is 0.370 e. The van der Waals surface area contributed by atoms with E-state index < -0.39 is 5.41 Å². The molecule has 6 heteroatoms. The summed E-state index contributed by atoms with van der Waals surface area (Å²) in [6.07, 6.45) is 0. The number of benzene rings is 2. The van der Waals surface area contributed by atoms with Gasteiger partial charge in [-0.2, -0.15) is 0 Å². The van der Waals surface area contributed by atoms with Crippen LogP contribution in [0.5, 0.6) is 0 Å². The van der Waals surface area contributed by atoms with Crippen LogP contribution in [-0.4, -0.2) is 18.2 Å². The van der Waals surface area contributed by atoms with Crippen molar-refractivity contribution in [3.05, 3.63) is 71.7 Å². The maximum atomic E-state index is 14.0. The van der Waals surface area contributed by atoms with Crippen LogP contribution in [0.2, 0.25) is 0 Å². The Morgan fingerprint density at radius 3 is 2.50 bits per heavy atom. The first-order valence-corrected chi connectivity index (χ1v) is 8.23. The molecule has 2 aromatic carbocycles. The predicted octanol–water partition coefficient (Wildman–Crippen LogP) is 4.16. The zero-order chi connectivity index (χ0) is 18.7. The first-order valence-electron chi connectivity index (χ1n) is 8.23. The highest BCUT2D eigenvalue weighted by molar-refractivity contribution is 5.90. The normalized spacial score (nSPS) is 12.2. The standard InChI is InChI=1S/C20H21FN4O/c1-20(2,17-12-18(26-25-17)24-19(22)23-3)14-10-8-13(9-11-14)15-6-4-5-7-16(15)21/h4-12H,1-3H3,(H3,22,23,24). The van der Waals surface area contributed by atoms with Gasteiger partial charge >= 0.3 is 0 Å². The third-order valence-electron chi connectivity index (χ3n) is 4.43. The summed E-state index contributed by atoms with van der Waals surface area (Å²) < 4.78 is 19.2. The van der Waals surface area contributed by atoms with Gasteiger partial charge in [0, 0.05) is 24.1 Å². The second-order valence-corrected chi connectivity index (χ2v) is 6.49. The summed E-state index contributed by atoms with van der Waals surface area (Å²) in [4.78, 5) is 3.82. The van der Waals surface area contributed by atoms with Crippen molar-refractivity contribution in [2.24, 2.45) is 10.7 Å². The van der Waals surface area contributed by atoms with E-state index >= 15 is 0 Å². The monoisotopic (exact) mass is 352 g/mol. The number of aliphatic imine (C=N–C) groups is 1. The summed E-state index contributed by atoms with van der Waals surface area (Å²) in [6.45, 7) is 4.09. The number of halogens is 1. The van der Waals surface area contributed by atoms with Crippen molar-refractivity contribution in [3.63, 3.8) is 0 Å². The maximum Gasteiger partial charge on any atom is 0.231 e. The Morgan fingerprint density at radius 1 is 1.15 bits per heavy atom. The minimum absolute atomic E-state index is 0.234. The lowest BCUT2D eigenvalue weighted by Crippen LogP contribution is -2.22. The zero-order valence-electron chi connectivity index (χ0n) is 15.0. The Morgan fingerprint density at radius 2 is 1.85 bits per heavy atom. The summed E-state index contributed by atoms with van der Waals surface area (Å²) in [6, 6.07) is 16.3. The molecule has 0 fully saturated rings. The summed E-state index contributed by atoms with van der Waals surface area (Å²) in [5.41, 5.74) is 8.45. The highest BCUT2D eigenvalue weighted by Crippen LogP contribution is 2.33. The molecule has 26 heavy (non-hydrogen) atoms. The molecule has 1 heterocycles. The van der Waals surface area contributed by atoms with Crippen molar-refractivity contribution in [2.45, 2.75) is 19.3 Å². The Balaban J connectivity index is 1.87. The molecule has 0 radical (unpaired) electrons. The van der Waals surface area contributed by atoms with Gasteiger partial charge in [-0.1, -0.05) is 61.5 Å². The topological polar surface area (TPSA) is 76.4 Å². The maximum absolute atomic E-state index is 14.0. The molecule has 5 nitrogen and oxygen atoms in total. The third kappa shape index (κ3) is 3.44. The molecule has 0 unspecified atom stereocenters. The van der Waals surface area contributed by atoms with Gasteiger partial charge < -0.3 is 10.3 Å². The minimum atomic E-state index is -0.394. The molecule has 0 amide bonds. The van der Waals surface area contributed by atoms with Gasteiger partial charge in [-0.05, 0) is 17.2 Å². The zero-order valence-corrected chi connectivity index (χ0v) is 15.0. The quantitative estimate of drug-likeness (QED) is 0.546. The Labute approximate surface area is 151 Å². The molecule has 0 atom stereocenters. The Hall–Kier alpha value is -3.15. The van der Waals surface area contributed by atoms with Gasteiger partial charge in [0.1, 0.15) is 5.82 Å². The fourth-order valence-electron chi connectivity index (χ4n) is 2.72. The van der Waals surface area contributed by atoms with Crippen LogP contribution in [0, 0.1) is 5.82 Å². The van der Waals surface area contributed by atoms with Crippen LogP contribution in [0.25, 0.3) is 11.1 Å². The molecule has 0 spiro atoms. The molecule has 3 aromatic rings. The lowest BCUT2D eigenvalue weighted by Gasteiger charge is -2.22. The van der Waals surface area contributed by atoms with E-state index in [1.165, 1.54) is 6.07 Å². The molecule has 0 aliphatic heterocycles. The second kappa shape index (κ2) is 7.00. The highest BCUT2D eigenvalue weighted by atomic mass is 19.1. The SMILES string of the molecule is CN=C(N)Nc1cc(C(C)(C)c2ccc(-c3ccccc3F)cc2)no1. The van der Waals surface area contributed by atoms with Gasteiger partial charge in [0.25, 0.3) is 0 Å². The van der Waals surface area contributed by atoms with Gasteiger partial charge in [-0.25, -0.2) is 4.39 Å². The van der Waals surface area contributed by atoms with E-state index in [2.05, 4.69) is 15.5 Å². The van der Waals surface area contributed by atoms with Crippen LogP contribution in [-0.2, 0) is 5.41 Å². The number of rotatable bonds is 4. The van der Waals surface area contributed by atoms with Gasteiger partial charge in [0.2, 0.25) is 5.88 Å². The number of aromatic nitrogens is 1. The predicted molar refractivity (Wildman–Crippen MR) is 102 cm³/mol. The molecule has 3 N–H and O–H groups in total. The Bertz CT molecular complexity index is 929. The Kier molecular flexibility index (Phi) is 4.75. The minimum Gasteiger partial charge on any atom is -0.370 e. The lowest BCUT2D eigenvalue weighted by atomic mass is 9.81. The van der Waals surface area contributed by atoms with Crippen molar-refractivity contribution in [1.29, 1.82) is 0 Å². The van der Waals surface area contributed by atoms with Crippen LogP contribution in [0.15, 0.2) is 64.1 Å². The number of nitrogens with two attached hydrogens (primary N) is 1. The van der Waals surface area contributed by atoms with Crippen LogP contribution in [0.4, 0.5) is 10.3 Å². The van der Waals surface area contributed by atoms with E-state index in [-0.39, 0.29) is 11.8 Å². The van der Waals surface area contributed by atoms with Crippen LogP contribution in [0.1, 0.15) is 25.1 Å². The number of anilines is 1. The molecular weight excluding hydrogens is 331 g/mol. The molecule has 3 rings (SSSR count). The number of guanidine groups is 1. The van der Waals surface area contributed by atoms with Crippen LogP contribution >= 0.6 is 0 Å². The molecule has 0 saturated heterocycles. The van der Waals surface area contributed by atoms with Crippen molar-refractivity contribution in [1.82, 2.24) is 5.16 Å². The molecule has 1 aromatic heterocycles. The summed E-state index contributed by atoms with van der Waals surface area (Å²) in [7, 11) is 1.58. The first-order chi connectivity index (χ1) is 12.4. The first kappa shape index (κ1) is 17.7. The fraction of sp³-hybridized carbons (Fsp3) is 0.200. The number of hydrogen-bond acceptors (Lipinski definition) is 3. The smallest absolute Gasteiger partial charge is 0.231 e. The van der Waals surface area contributed by atoms with Crippen molar-refractivity contribution >= 4 is 11.8 Å². The second-order valence-electron chi connectivity index (χ2n) is 6.49. The number of hydrogen-bond donors (Lipinski definition) is 2. The molecule has 0 saturated carbocycles. The van der Waals surface area contributed by atoms with E-state index in [1.54, 1.807) is 25.2 Å². The average Bonchev–Trinajstić information content (AvgIpc) is 3.11. The molecule has 0 bridgehead atoms. The summed E-state index contributed by atoms with van der Waals surface area (Å²) in [5, 5.41) is 6.97. The molecule has 0 aliphatic rings. The van der Waals surface area contributed by atoms with Gasteiger partial charge in [-0.15, -0.1) is 0 Å². The van der Waals surface area contributed by atoms with Crippen LogP contribution < -0.4 is 11.1 Å². The number of nitrogens with one attached hydrogen (secondary N) is 1. The lowest BCUT2D eigenvalue weighted by molar-refractivity contribution is 0.411. The summed E-state index contributed by atoms with van der Waals surface area (Å²) in [5.74, 6) is 0.445. The van der Waals surface area contributed by atoms with Crippen molar-refractivity contribution < 1.29 is 8.91 Å². The van der Waals surface area contributed by atoms with Crippen molar-refractivity contribution in [2.75, 3.05) is 12.4 Å². The van der Waals surface area contributed by atoms with Gasteiger partial charge in [0.15, 0.2) is 5.96 Å². The van der Waals surface area contributed by atoms with Gasteiger partial charge in [-0.3, -0.25) is 10.3 Å². The third-order valence-corrected chi connectivity index (χ3v) is 4.43. The summed E-state index contributed by atoms with van der Waals surface area (Å²) >= 11 is 0. The van der Waals surface area contributed by atoms with E-state index in [4.69, 9.17) is 10.3 Å². The van der Waals surface area contributed by atoms with Gasteiger partial charge in [0.05, 0.1) is 5.69 Å². The van der Waals surface area contributed by atoms with E-state index in [0.717, 1.165) is 16.8 Å². The molecular formula is C20H21FN4O. The van der Waals surface area contributed by atoms with E-state index in [0.29, 0.717) is 11.4 Å². The average molecular weight is 352 g/mol. The molecule has 0 aliphatic carbocycles. The van der Waals surface area contributed by atoms with E-state index in [1.807, 2.05) is 44.2 Å². The fourth-order valence-corrected chi connectivity index (χ4v) is 2.72. The van der Waals surface area contributed by atoms with E-state index in [9.17, 15) is 4.39 Å². The highest BCUT2D eigenvalue weighted by Gasteiger charge is 2.27. The van der Waals surface area contributed by atoms with Crippen molar-refractivity contribution in [3.8, 4) is 11.1 Å². The molecule has 134 valence electrons.